The molecule has 132 valence electrons. The van der Waals surface area contributed by atoms with E-state index in [0.717, 1.165) is 36.7 Å². The monoisotopic (exact) mass is 356 g/mol. The average molecular weight is 357 g/mol. The van der Waals surface area contributed by atoms with Gasteiger partial charge in [-0.3, -0.25) is 4.98 Å². The van der Waals surface area contributed by atoms with Gasteiger partial charge in [-0.15, -0.1) is 0 Å². The van der Waals surface area contributed by atoms with Crippen molar-refractivity contribution in [3.8, 4) is 0 Å². The summed E-state index contributed by atoms with van der Waals surface area (Å²) in [5.41, 5.74) is 2.30. The van der Waals surface area contributed by atoms with Crippen LogP contribution in [0.3, 0.4) is 0 Å². The third kappa shape index (κ3) is 3.54. The summed E-state index contributed by atoms with van der Waals surface area (Å²) < 4.78 is 6.30. The van der Waals surface area contributed by atoms with Crippen LogP contribution in [-0.2, 0) is 10.2 Å². The molecule has 1 aromatic carbocycles. The van der Waals surface area contributed by atoms with E-state index in [4.69, 9.17) is 21.3 Å². The highest BCUT2D eigenvalue weighted by Crippen LogP contribution is 2.48. The fourth-order valence-corrected chi connectivity index (χ4v) is 4.76. The normalized spacial score (nSPS) is 25.2. The van der Waals surface area contributed by atoms with Gasteiger partial charge in [-0.05, 0) is 56.0 Å². The smallest absolute Gasteiger partial charge is 0.0692 e. The zero-order valence-corrected chi connectivity index (χ0v) is 15.3. The molecule has 3 nitrogen and oxygen atoms in total. The Kier molecular flexibility index (Phi) is 4.70. The molecule has 1 unspecified atom stereocenters. The van der Waals surface area contributed by atoms with Crippen LogP contribution < -0.4 is 5.32 Å². The van der Waals surface area contributed by atoms with Gasteiger partial charge in [0.25, 0.3) is 0 Å². The van der Waals surface area contributed by atoms with Gasteiger partial charge in [0.1, 0.15) is 0 Å². The minimum atomic E-state index is 0.00612. The molecule has 1 N–H and O–H groups in total. The summed E-state index contributed by atoms with van der Waals surface area (Å²) in [6, 6.07) is 14.2. The number of halogens is 1. The van der Waals surface area contributed by atoms with Crippen LogP contribution in [0.5, 0.6) is 0 Å². The molecule has 2 heterocycles. The van der Waals surface area contributed by atoms with Gasteiger partial charge in [0.2, 0.25) is 0 Å². The highest BCUT2D eigenvalue weighted by atomic mass is 35.5. The van der Waals surface area contributed by atoms with Crippen molar-refractivity contribution in [1.29, 1.82) is 0 Å². The first kappa shape index (κ1) is 16.9. The van der Waals surface area contributed by atoms with Gasteiger partial charge in [0.05, 0.1) is 5.60 Å². The maximum absolute atomic E-state index is 6.30. The number of nitrogens with one attached hydrogen (secondary N) is 1. The van der Waals surface area contributed by atoms with Crippen LogP contribution in [0.25, 0.3) is 0 Å². The first-order valence-electron chi connectivity index (χ1n) is 9.25. The van der Waals surface area contributed by atoms with E-state index in [1.165, 1.54) is 31.4 Å². The topological polar surface area (TPSA) is 34.2 Å². The number of anilines is 1. The summed E-state index contributed by atoms with van der Waals surface area (Å²) in [6.45, 7) is 1.67. The van der Waals surface area contributed by atoms with E-state index in [2.05, 4.69) is 23.5 Å². The third-order valence-electron chi connectivity index (χ3n) is 5.83. The molecule has 0 bridgehead atoms. The largest absolute Gasteiger partial charge is 0.384 e. The Balaban J connectivity index is 1.62. The van der Waals surface area contributed by atoms with Gasteiger partial charge in [-0.25, -0.2) is 0 Å². The Morgan fingerprint density at radius 2 is 1.96 bits per heavy atom. The second kappa shape index (κ2) is 6.97. The molecule has 2 aromatic rings. The van der Waals surface area contributed by atoms with Crippen molar-refractivity contribution in [2.24, 2.45) is 0 Å². The van der Waals surface area contributed by atoms with Gasteiger partial charge in [0, 0.05) is 41.2 Å². The van der Waals surface area contributed by atoms with E-state index in [-0.39, 0.29) is 11.0 Å². The SMILES string of the molecule is Clc1cccc(NCC2(c3ccccn3)CCOC3(CCCC3)C2)c1. The van der Waals surface area contributed by atoms with E-state index >= 15 is 0 Å². The van der Waals surface area contributed by atoms with Crippen LogP contribution >= 0.6 is 11.6 Å². The molecule has 1 spiro atoms. The lowest BCUT2D eigenvalue weighted by Gasteiger charge is -2.46. The van der Waals surface area contributed by atoms with E-state index in [1.54, 1.807) is 0 Å². The van der Waals surface area contributed by atoms with Crippen LogP contribution in [0.1, 0.15) is 44.2 Å². The van der Waals surface area contributed by atoms with Crippen LogP contribution in [0.15, 0.2) is 48.7 Å². The summed E-state index contributed by atoms with van der Waals surface area (Å²) in [7, 11) is 0. The van der Waals surface area contributed by atoms with Crippen molar-refractivity contribution in [2.75, 3.05) is 18.5 Å². The molecule has 1 aliphatic carbocycles. The second-order valence-corrected chi connectivity index (χ2v) is 7.96. The van der Waals surface area contributed by atoms with Crippen molar-refractivity contribution in [3.05, 3.63) is 59.4 Å². The Morgan fingerprint density at radius 1 is 1.08 bits per heavy atom. The number of hydrogen-bond acceptors (Lipinski definition) is 3. The molecular weight excluding hydrogens is 332 g/mol. The summed E-state index contributed by atoms with van der Waals surface area (Å²) in [5.74, 6) is 0. The third-order valence-corrected chi connectivity index (χ3v) is 6.06. The molecule has 2 aliphatic rings. The Morgan fingerprint density at radius 3 is 2.72 bits per heavy atom. The van der Waals surface area contributed by atoms with Crippen molar-refractivity contribution in [3.63, 3.8) is 0 Å². The van der Waals surface area contributed by atoms with Crippen molar-refractivity contribution >= 4 is 17.3 Å². The Labute approximate surface area is 154 Å². The van der Waals surface area contributed by atoms with E-state index in [1.807, 2.05) is 30.5 Å². The number of rotatable bonds is 4. The lowest BCUT2D eigenvalue weighted by molar-refractivity contribution is -0.100. The second-order valence-electron chi connectivity index (χ2n) is 7.52. The number of pyridine rings is 1. The van der Waals surface area contributed by atoms with Crippen LogP contribution in [-0.4, -0.2) is 23.7 Å². The van der Waals surface area contributed by atoms with Crippen molar-refractivity contribution in [2.45, 2.75) is 49.5 Å². The summed E-state index contributed by atoms with van der Waals surface area (Å²) in [5, 5.41) is 4.38. The van der Waals surface area contributed by atoms with Crippen molar-refractivity contribution < 1.29 is 4.74 Å². The fourth-order valence-electron chi connectivity index (χ4n) is 4.57. The molecular formula is C21H25ClN2O. The molecule has 1 saturated carbocycles. The zero-order chi connectivity index (χ0) is 17.2. The quantitative estimate of drug-likeness (QED) is 0.816. The first-order valence-corrected chi connectivity index (χ1v) is 9.63. The number of ether oxygens (including phenoxy) is 1. The summed E-state index contributed by atoms with van der Waals surface area (Å²) >= 11 is 6.14. The average Bonchev–Trinajstić information content (AvgIpc) is 3.08. The number of nitrogens with zero attached hydrogens (tertiary/aromatic N) is 1. The molecule has 4 heteroatoms. The van der Waals surface area contributed by atoms with E-state index < -0.39 is 0 Å². The molecule has 2 fully saturated rings. The molecule has 4 rings (SSSR count). The molecule has 1 aliphatic heterocycles. The molecule has 1 aromatic heterocycles. The van der Waals surface area contributed by atoms with E-state index in [0.29, 0.717) is 0 Å². The van der Waals surface area contributed by atoms with Crippen LogP contribution in [0.4, 0.5) is 5.69 Å². The molecule has 1 atom stereocenters. The highest BCUT2D eigenvalue weighted by molar-refractivity contribution is 6.30. The van der Waals surface area contributed by atoms with Crippen molar-refractivity contribution in [1.82, 2.24) is 4.98 Å². The van der Waals surface area contributed by atoms with Gasteiger partial charge in [0.15, 0.2) is 0 Å². The first-order chi connectivity index (χ1) is 12.2. The summed E-state index contributed by atoms with van der Waals surface area (Å²) in [6.07, 6.45) is 8.87. The zero-order valence-electron chi connectivity index (χ0n) is 14.5. The molecule has 1 saturated heterocycles. The van der Waals surface area contributed by atoms with Gasteiger partial charge >= 0.3 is 0 Å². The lowest BCUT2D eigenvalue weighted by atomic mass is 9.69. The van der Waals surface area contributed by atoms with Crippen LogP contribution in [0.2, 0.25) is 5.02 Å². The predicted molar refractivity (Wildman–Crippen MR) is 102 cm³/mol. The number of hydrogen-bond donors (Lipinski definition) is 1. The Bertz CT molecular complexity index is 715. The van der Waals surface area contributed by atoms with Crippen LogP contribution in [0, 0.1) is 0 Å². The maximum Gasteiger partial charge on any atom is 0.0692 e. The molecule has 25 heavy (non-hydrogen) atoms. The minimum absolute atomic E-state index is 0.00612. The standard InChI is InChI=1S/C21H25ClN2O/c22-17-6-5-7-18(14-17)24-16-20(19-8-1-4-12-23-19)11-13-25-21(15-20)9-2-3-10-21/h1,4-8,12,14,24H,2-3,9-11,13,15-16H2. The molecule has 0 amide bonds. The predicted octanol–water partition coefficient (Wildman–Crippen LogP) is 5.21. The van der Waals surface area contributed by atoms with Gasteiger partial charge in [-0.2, -0.15) is 0 Å². The maximum atomic E-state index is 6.30. The number of benzene rings is 1. The Hall–Kier alpha value is -1.58. The fraction of sp³-hybridized carbons (Fsp3) is 0.476. The summed E-state index contributed by atoms with van der Waals surface area (Å²) in [4.78, 5) is 4.74. The van der Waals surface area contributed by atoms with Gasteiger partial charge in [-0.1, -0.05) is 36.6 Å². The minimum Gasteiger partial charge on any atom is -0.384 e. The van der Waals surface area contributed by atoms with Gasteiger partial charge < -0.3 is 10.1 Å². The number of aromatic nitrogens is 1. The molecule has 0 radical (unpaired) electrons. The lowest BCUT2D eigenvalue weighted by Crippen LogP contribution is -2.49. The highest BCUT2D eigenvalue weighted by Gasteiger charge is 2.48. The van der Waals surface area contributed by atoms with E-state index in [9.17, 15) is 0 Å².